The minimum Gasteiger partial charge on any atom is -0.461 e. The largest absolute Gasteiger partial charge is 0.461 e. The average molecular weight is 218 g/mol. The van der Waals surface area contributed by atoms with Crippen molar-refractivity contribution in [3.63, 3.8) is 0 Å². The maximum Gasteiger partial charge on any atom is 0.356 e. The van der Waals surface area contributed by atoms with Gasteiger partial charge in [-0.05, 0) is 19.9 Å². The number of halogens is 2. The molecular weight excluding hydrogens is 206 g/mol. The van der Waals surface area contributed by atoms with Gasteiger partial charge < -0.3 is 4.74 Å². The van der Waals surface area contributed by atoms with Gasteiger partial charge in [0.1, 0.15) is 11.7 Å². The van der Waals surface area contributed by atoms with Crippen LogP contribution in [0.4, 0.5) is 8.78 Å². The number of alkyl halides is 2. The quantitative estimate of drug-likeness (QED) is 0.725. The van der Waals surface area contributed by atoms with E-state index in [2.05, 4.69) is 5.10 Å². The van der Waals surface area contributed by atoms with Gasteiger partial charge in [0.25, 0.3) is 6.43 Å². The van der Waals surface area contributed by atoms with Crippen molar-refractivity contribution in [2.75, 3.05) is 6.61 Å². The highest BCUT2D eigenvalue weighted by Crippen LogP contribution is 2.17. The van der Waals surface area contributed by atoms with Crippen LogP contribution in [0.15, 0.2) is 12.3 Å². The first-order valence-corrected chi connectivity index (χ1v) is 4.56. The van der Waals surface area contributed by atoms with Crippen molar-refractivity contribution in [3.05, 3.63) is 18.0 Å². The van der Waals surface area contributed by atoms with Crippen LogP contribution in [0, 0.1) is 0 Å². The van der Waals surface area contributed by atoms with Crippen LogP contribution < -0.4 is 0 Å². The lowest BCUT2D eigenvalue weighted by molar-refractivity contribution is 0.0481. The lowest BCUT2D eigenvalue weighted by atomic mass is 10.3. The highest BCUT2D eigenvalue weighted by molar-refractivity contribution is 5.87. The maximum absolute atomic E-state index is 12.4. The van der Waals surface area contributed by atoms with Gasteiger partial charge in [0.15, 0.2) is 0 Å². The molecule has 0 amide bonds. The summed E-state index contributed by atoms with van der Waals surface area (Å²) in [4.78, 5) is 11.3. The molecule has 0 aliphatic rings. The first-order chi connectivity index (χ1) is 7.07. The van der Waals surface area contributed by atoms with Crippen LogP contribution in [-0.4, -0.2) is 28.8 Å². The van der Waals surface area contributed by atoms with Crippen molar-refractivity contribution in [1.82, 2.24) is 9.78 Å². The van der Waals surface area contributed by atoms with Crippen molar-refractivity contribution in [2.24, 2.45) is 0 Å². The van der Waals surface area contributed by atoms with Gasteiger partial charge in [-0.1, -0.05) is 0 Å². The SMILES string of the molecule is CCOC(=O)c1ccnn1[C@@H](C)C(F)F. The lowest BCUT2D eigenvalue weighted by Gasteiger charge is -2.13. The van der Waals surface area contributed by atoms with Crippen LogP contribution in [0.1, 0.15) is 30.4 Å². The Labute approximate surface area is 85.8 Å². The molecule has 0 aromatic carbocycles. The molecule has 6 heteroatoms. The molecule has 1 atom stereocenters. The third-order valence-corrected chi connectivity index (χ3v) is 1.91. The Morgan fingerprint density at radius 3 is 2.87 bits per heavy atom. The average Bonchev–Trinajstić information content (AvgIpc) is 2.65. The summed E-state index contributed by atoms with van der Waals surface area (Å²) in [6.07, 6.45) is -1.27. The van der Waals surface area contributed by atoms with Gasteiger partial charge in [0, 0.05) is 6.20 Å². The zero-order chi connectivity index (χ0) is 11.4. The van der Waals surface area contributed by atoms with Gasteiger partial charge in [-0.15, -0.1) is 0 Å². The topological polar surface area (TPSA) is 44.1 Å². The minimum absolute atomic E-state index is 0.0460. The molecule has 1 aromatic heterocycles. The van der Waals surface area contributed by atoms with Gasteiger partial charge in [0.2, 0.25) is 0 Å². The predicted octanol–water partition coefficient (Wildman–Crippen LogP) is 1.89. The van der Waals surface area contributed by atoms with Crippen molar-refractivity contribution in [1.29, 1.82) is 0 Å². The van der Waals surface area contributed by atoms with E-state index in [9.17, 15) is 13.6 Å². The second-order valence-corrected chi connectivity index (χ2v) is 2.96. The van der Waals surface area contributed by atoms with Gasteiger partial charge in [0.05, 0.1) is 6.61 Å². The van der Waals surface area contributed by atoms with E-state index in [1.54, 1.807) is 6.92 Å². The van der Waals surface area contributed by atoms with Crippen LogP contribution in [-0.2, 0) is 4.74 Å². The van der Waals surface area contributed by atoms with Crippen LogP contribution >= 0.6 is 0 Å². The highest BCUT2D eigenvalue weighted by atomic mass is 19.3. The number of nitrogens with zero attached hydrogens (tertiary/aromatic N) is 2. The Hall–Kier alpha value is -1.46. The Balaban J connectivity index is 2.91. The molecule has 0 spiro atoms. The van der Waals surface area contributed by atoms with Crippen molar-refractivity contribution >= 4 is 5.97 Å². The van der Waals surface area contributed by atoms with Crippen LogP contribution in [0.2, 0.25) is 0 Å². The molecule has 0 saturated heterocycles. The zero-order valence-corrected chi connectivity index (χ0v) is 8.48. The smallest absolute Gasteiger partial charge is 0.356 e. The number of rotatable bonds is 4. The summed E-state index contributed by atoms with van der Waals surface area (Å²) in [5.41, 5.74) is 0.0460. The molecule has 0 unspecified atom stereocenters. The maximum atomic E-state index is 12.4. The summed E-state index contributed by atoms with van der Waals surface area (Å²) in [7, 11) is 0. The number of esters is 1. The van der Waals surface area contributed by atoms with Crippen molar-refractivity contribution in [2.45, 2.75) is 26.3 Å². The number of hydrogen-bond acceptors (Lipinski definition) is 3. The summed E-state index contributed by atoms with van der Waals surface area (Å²) in [5, 5.41) is 3.68. The molecule has 0 radical (unpaired) electrons. The van der Waals surface area contributed by atoms with Crippen molar-refractivity contribution in [3.8, 4) is 0 Å². The Bertz CT molecular complexity index is 339. The Morgan fingerprint density at radius 2 is 2.33 bits per heavy atom. The fourth-order valence-electron chi connectivity index (χ4n) is 1.11. The second kappa shape index (κ2) is 4.86. The molecule has 0 aliphatic heterocycles. The van der Waals surface area contributed by atoms with Crippen LogP contribution in [0.25, 0.3) is 0 Å². The molecule has 0 fully saturated rings. The third-order valence-electron chi connectivity index (χ3n) is 1.91. The molecule has 0 aliphatic carbocycles. The van der Waals surface area contributed by atoms with Gasteiger partial charge >= 0.3 is 5.97 Å². The summed E-state index contributed by atoms with van der Waals surface area (Å²) >= 11 is 0. The molecule has 1 heterocycles. The van der Waals surface area contributed by atoms with Crippen molar-refractivity contribution < 1.29 is 18.3 Å². The molecule has 4 nitrogen and oxygen atoms in total. The normalized spacial score (nSPS) is 12.9. The predicted molar refractivity (Wildman–Crippen MR) is 48.9 cm³/mol. The second-order valence-electron chi connectivity index (χ2n) is 2.96. The fraction of sp³-hybridized carbons (Fsp3) is 0.556. The molecule has 0 N–H and O–H groups in total. The van der Waals surface area contributed by atoms with Gasteiger partial charge in [-0.25, -0.2) is 18.3 Å². The first kappa shape index (κ1) is 11.6. The zero-order valence-electron chi connectivity index (χ0n) is 8.48. The van der Waals surface area contributed by atoms with E-state index < -0.39 is 18.4 Å². The fourth-order valence-corrected chi connectivity index (χ4v) is 1.11. The molecule has 84 valence electrons. The summed E-state index contributed by atoms with van der Waals surface area (Å²) in [6.45, 7) is 3.14. The summed E-state index contributed by atoms with van der Waals surface area (Å²) in [6, 6.07) is 0.219. The monoisotopic (exact) mass is 218 g/mol. The number of hydrogen-bond donors (Lipinski definition) is 0. The van der Waals surface area contributed by atoms with Crippen LogP contribution in [0.3, 0.4) is 0 Å². The summed E-state index contributed by atoms with van der Waals surface area (Å²) < 4.78 is 30.5. The lowest BCUT2D eigenvalue weighted by Crippen LogP contribution is -2.21. The highest BCUT2D eigenvalue weighted by Gasteiger charge is 2.23. The number of carbonyl (C=O) groups excluding carboxylic acids is 1. The third kappa shape index (κ3) is 2.51. The Kier molecular flexibility index (Phi) is 3.76. The molecule has 1 aromatic rings. The minimum atomic E-state index is -2.57. The van der Waals surface area contributed by atoms with Gasteiger partial charge in [-0.3, -0.25) is 0 Å². The van der Waals surface area contributed by atoms with E-state index in [1.807, 2.05) is 0 Å². The van der Waals surface area contributed by atoms with E-state index in [4.69, 9.17) is 4.74 Å². The summed E-state index contributed by atoms with van der Waals surface area (Å²) in [5.74, 6) is -0.637. The first-order valence-electron chi connectivity index (χ1n) is 4.56. The standard InChI is InChI=1S/C9H12F2N2O2/c1-3-15-9(14)7-4-5-12-13(7)6(2)8(10)11/h4-6,8H,3H2,1-2H3/t6-/m0/s1. The van der Waals surface area contributed by atoms with E-state index in [-0.39, 0.29) is 12.3 Å². The van der Waals surface area contributed by atoms with E-state index in [1.165, 1.54) is 19.2 Å². The Morgan fingerprint density at radius 1 is 1.67 bits per heavy atom. The molecule has 0 saturated carbocycles. The van der Waals surface area contributed by atoms with Gasteiger partial charge in [-0.2, -0.15) is 5.10 Å². The molecular formula is C9H12F2N2O2. The number of ether oxygens (including phenoxy) is 1. The number of aromatic nitrogens is 2. The van der Waals surface area contributed by atoms with E-state index >= 15 is 0 Å². The number of carbonyl (C=O) groups is 1. The molecule has 1 rings (SSSR count). The van der Waals surface area contributed by atoms with Crippen LogP contribution in [0.5, 0.6) is 0 Å². The van der Waals surface area contributed by atoms with E-state index in [0.717, 1.165) is 4.68 Å². The van der Waals surface area contributed by atoms with E-state index in [0.29, 0.717) is 0 Å². The molecule has 0 bridgehead atoms. The molecule has 15 heavy (non-hydrogen) atoms.